The molecule has 0 N–H and O–H groups in total. The largest absolute Gasteiger partial charge is 0.204 e. The van der Waals surface area contributed by atoms with Crippen LogP contribution < -0.4 is 5.73 Å². The van der Waals surface area contributed by atoms with Crippen molar-refractivity contribution in [2.75, 3.05) is 0 Å². The average Bonchev–Trinajstić information content (AvgIpc) is 1.97. The van der Waals surface area contributed by atoms with Gasteiger partial charge in [-0.3, -0.25) is 0 Å². The molecule has 2 radical (unpaired) electrons. The molecule has 0 fully saturated rings. The minimum absolute atomic E-state index is 0.160. The van der Waals surface area contributed by atoms with Crippen molar-refractivity contribution in [1.29, 1.82) is 0 Å². The number of halogens is 4. The van der Waals surface area contributed by atoms with Crippen molar-refractivity contribution in [3.05, 3.63) is 29.3 Å². The van der Waals surface area contributed by atoms with E-state index in [9.17, 15) is 17.6 Å². The smallest absolute Gasteiger partial charge is 0.199 e. The van der Waals surface area contributed by atoms with Gasteiger partial charge in [0.15, 0.2) is 23.3 Å². The van der Waals surface area contributed by atoms with Crippen LogP contribution in [-0.4, -0.2) is 0 Å². The molecule has 0 saturated carbocycles. The quantitative estimate of drug-likeness (QED) is 0.317. The Bertz CT molecular complexity index is 271. The SMILES string of the molecule is [N]c1cc(F)c(F)c(F)c1F. The van der Waals surface area contributed by atoms with Crippen molar-refractivity contribution in [1.82, 2.24) is 5.73 Å². The molecule has 1 aromatic carbocycles. The summed E-state index contributed by atoms with van der Waals surface area (Å²) < 4.78 is 48.4. The van der Waals surface area contributed by atoms with Crippen molar-refractivity contribution < 1.29 is 17.6 Å². The molecule has 0 spiro atoms. The molecule has 11 heavy (non-hydrogen) atoms. The molecule has 0 atom stereocenters. The second kappa shape index (κ2) is 2.41. The molecule has 58 valence electrons. The lowest BCUT2D eigenvalue weighted by atomic mass is 10.3. The molecule has 1 rings (SSSR count). The summed E-state index contributed by atoms with van der Waals surface area (Å²) >= 11 is 0. The normalized spacial score (nSPS) is 10.2. The van der Waals surface area contributed by atoms with E-state index in [1.54, 1.807) is 0 Å². The third-order valence-corrected chi connectivity index (χ3v) is 1.08. The summed E-state index contributed by atoms with van der Waals surface area (Å²) in [6.45, 7) is 0. The summed E-state index contributed by atoms with van der Waals surface area (Å²) in [5.41, 5.74) is 7.14. The third-order valence-electron chi connectivity index (χ3n) is 1.08. The number of rotatable bonds is 0. The molecule has 0 bridgehead atoms. The molecule has 1 aromatic rings. The van der Waals surface area contributed by atoms with Crippen LogP contribution in [-0.2, 0) is 0 Å². The first-order valence-electron chi connectivity index (χ1n) is 2.56. The van der Waals surface area contributed by atoms with Crippen LogP contribution in [0.25, 0.3) is 0 Å². The van der Waals surface area contributed by atoms with Gasteiger partial charge in [0.05, 0.1) is 0 Å². The second-order valence-electron chi connectivity index (χ2n) is 1.82. The van der Waals surface area contributed by atoms with Crippen LogP contribution in [0.5, 0.6) is 0 Å². The number of benzene rings is 1. The lowest BCUT2D eigenvalue weighted by Crippen LogP contribution is -1.96. The van der Waals surface area contributed by atoms with Crippen LogP contribution in [0.1, 0.15) is 0 Å². The zero-order valence-electron chi connectivity index (χ0n) is 5.04. The molecule has 0 amide bonds. The van der Waals surface area contributed by atoms with E-state index in [2.05, 4.69) is 0 Å². The Hall–Kier alpha value is -1.26. The molecular formula is C6HF4N. The van der Waals surface area contributed by atoms with Crippen molar-refractivity contribution in [3.63, 3.8) is 0 Å². The Morgan fingerprint density at radius 1 is 0.909 bits per heavy atom. The number of hydrogen-bond donors (Lipinski definition) is 0. The first-order valence-corrected chi connectivity index (χ1v) is 2.56. The molecule has 1 nitrogen and oxygen atoms in total. The first-order chi connectivity index (χ1) is 5.04. The number of nitrogens with zero attached hydrogens (tertiary/aromatic N) is 1. The highest BCUT2D eigenvalue weighted by atomic mass is 19.2. The maximum atomic E-state index is 12.1. The minimum atomic E-state index is -2.01. The molecule has 0 unspecified atom stereocenters. The van der Waals surface area contributed by atoms with Gasteiger partial charge >= 0.3 is 0 Å². The van der Waals surface area contributed by atoms with Crippen molar-refractivity contribution >= 4 is 5.69 Å². The van der Waals surface area contributed by atoms with Gasteiger partial charge in [-0.15, -0.1) is 5.73 Å². The number of hydrogen-bond acceptors (Lipinski definition) is 0. The summed E-state index contributed by atoms with van der Waals surface area (Å²) in [4.78, 5) is 0. The molecule has 0 heterocycles. The van der Waals surface area contributed by atoms with E-state index >= 15 is 0 Å². The highest BCUT2D eigenvalue weighted by Gasteiger charge is 2.17. The van der Waals surface area contributed by atoms with E-state index in [0.29, 0.717) is 0 Å². The van der Waals surface area contributed by atoms with Crippen molar-refractivity contribution in [2.45, 2.75) is 0 Å². The van der Waals surface area contributed by atoms with E-state index in [4.69, 9.17) is 5.73 Å². The van der Waals surface area contributed by atoms with E-state index in [-0.39, 0.29) is 6.07 Å². The van der Waals surface area contributed by atoms with Gasteiger partial charge in [0, 0.05) is 6.07 Å². The van der Waals surface area contributed by atoms with E-state index in [1.165, 1.54) is 0 Å². The van der Waals surface area contributed by atoms with Crippen LogP contribution >= 0.6 is 0 Å². The fraction of sp³-hybridized carbons (Fsp3) is 0. The summed E-state index contributed by atoms with van der Waals surface area (Å²) in [7, 11) is 0. The van der Waals surface area contributed by atoms with Gasteiger partial charge in [-0.1, -0.05) is 0 Å². The maximum Gasteiger partial charge on any atom is 0.199 e. The van der Waals surface area contributed by atoms with Crippen LogP contribution in [0.3, 0.4) is 0 Å². The highest BCUT2D eigenvalue weighted by Crippen LogP contribution is 2.20. The lowest BCUT2D eigenvalue weighted by Gasteiger charge is -1.96. The van der Waals surface area contributed by atoms with E-state index in [1.807, 2.05) is 0 Å². The predicted octanol–water partition coefficient (Wildman–Crippen LogP) is 1.94. The molecule has 0 saturated heterocycles. The molecule has 0 aliphatic rings. The van der Waals surface area contributed by atoms with Crippen LogP contribution in [0.4, 0.5) is 23.2 Å². The highest BCUT2D eigenvalue weighted by molar-refractivity contribution is 5.36. The minimum Gasteiger partial charge on any atom is -0.204 e. The van der Waals surface area contributed by atoms with Gasteiger partial charge in [0.25, 0.3) is 0 Å². The Balaban J connectivity index is 3.46. The van der Waals surface area contributed by atoms with Crippen molar-refractivity contribution in [2.24, 2.45) is 0 Å². The van der Waals surface area contributed by atoms with Gasteiger partial charge in [-0.25, -0.2) is 17.6 Å². The molecular weight excluding hydrogens is 162 g/mol. The van der Waals surface area contributed by atoms with Crippen LogP contribution in [0, 0.1) is 23.3 Å². The Kier molecular flexibility index (Phi) is 1.72. The predicted molar refractivity (Wildman–Crippen MR) is 28.1 cm³/mol. The standard InChI is InChI=1S/C6HF4N/c7-2-1-3(11)5(9)6(10)4(2)8/h1H. The van der Waals surface area contributed by atoms with Gasteiger partial charge in [-0.2, -0.15) is 0 Å². The van der Waals surface area contributed by atoms with Crippen LogP contribution in [0.15, 0.2) is 6.07 Å². The third kappa shape index (κ3) is 1.13. The summed E-state index contributed by atoms with van der Waals surface area (Å²) in [5, 5.41) is 0. The van der Waals surface area contributed by atoms with Gasteiger partial charge in [-0.05, 0) is 0 Å². The summed E-state index contributed by atoms with van der Waals surface area (Å²) in [5.74, 6) is -7.35. The zero-order valence-corrected chi connectivity index (χ0v) is 5.04. The Morgan fingerprint density at radius 3 is 2.00 bits per heavy atom. The lowest BCUT2D eigenvalue weighted by molar-refractivity contribution is 0.410. The second-order valence-corrected chi connectivity index (χ2v) is 1.82. The summed E-state index contributed by atoms with van der Waals surface area (Å²) in [6.07, 6.45) is 0. The van der Waals surface area contributed by atoms with Gasteiger partial charge in [0.1, 0.15) is 5.69 Å². The van der Waals surface area contributed by atoms with Gasteiger partial charge in [0.2, 0.25) is 0 Å². The first kappa shape index (κ1) is 7.84. The molecule has 5 heteroatoms. The topological polar surface area (TPSA) is 22.3 Å². The van der Waals surface area contributed by atoms with E-state index in [0.717, 1.165) is 0 Å². The Labute approximate surface area is 59.4 Å². The Morgan fingerprint density at radius 2 is 1.45 bits per heavy atom. The zero-order chi connectivity index (χ0) is 8.59. The summed E-state index contributed by atoms with van der Waals surface area (Å²) in [6, 6.07) is 0.160. The average molecular weight is 163 g/mol. The maximum absolute atomic E-state index is 12.1. The van der Waals surface area contributed by atoms with Crippen molar-refractivity contribution in [3.8, 4) is 0 Å². The van der Waals surface area contributed by atoms with E-state index < -0.39 is 29.0 Å². The fourth-order valence-corrected chi connectivity index (χ4v) is 0.560. The molecule has 0 aliphatic carbocycles. The molecule has 0 aliphatic heterocycles. The monoisotopic (exact) mass is 163 g/mol. The molecule has 0 aromatic heterocycles. The van der Waals surface area contributed by atoms with Gasteiger partial charge < -0.3 is 0 Å². The fourth-order valence-electron chi connectivity index (χ4n) is 0.560. The van der Waals surface area contributed by atoms with Crippen LogP contribution in [0.2, 0.25) is 0 Å².